The predicted molar refractivity (Wildman–Crippen MR) is 74.2 cm³/mol. The number of para-hydroxylation sites is 1. The summed E-state index contributed by atoms with van der Waals surface area (Å²) in [5, 5.41) is 0.536. The zero-order valence-electron chi connectivity index (χ0n) is 9.90. The second-order valence-corrected chi connectivity index (χ2v) is 4.39. The van der Waals surface area contributed by atoms with Crippen LogP contribution < -0.4 is 5.69 Å². The van der Waals surface area contributed by atoms with E-state index in [9.17, 15) is 4.79 Å². The molecule has 0 bridgehead atoms. The highest BCUT2D eigenvalue weighted by Gasteiger charge is 2.09. The molecule has 2 aromatic heterocycles. The minimum absolute atomic E-state index is 0.180. The molecule has 0 aliphatic rings. The minimum Gasteiger partial charge on any atom is -0.266 e. The number of imidazole rings is 1. The summed E-state index contributed by atoms with van der Waals surface area (Å²) >= 11 is 6.10. The van der Waals surface area contributed by atoms with Gasteiger partial charge in [-0.1, -0.05) is 23.7 Å². The van der Waals surface area contributed by atoms with Gasteiger partial charge in [-0.05, 0) is 24.3 Å². The normalized spacial score (nSPS) is 10.6. The topological polar surface area (TPSA) is 39.8 Å². The molecule has 0 N–H and O–H groups in total. The number of aromatic nitrogens is 3. The second-order valence-electron chi connectivity index (χ2n) is 3.98. The average molecular weight is 272 g/mol. The van der Waals surface area contributed by atoms with Gasteiger partial charge in [0.25, 0.3) is 0 Å². The monoisotopic (exact) mass is 271 g/mol. The Morgan fingerprint density at radius 2 is 1.79 bits per heavy atom. The van der Waals surface area contributed by atoms with E-state index in [1.165, 1.54) is 9.13 Å². The van der Waals surface area contributed by atoms with Crippen molar-refractivity contribution in [2.45, 2.75) is 0 Å². The van der Waals surface area contributed by atoms with Crippen LogP contribution in [0.15, 0.2) is 66.0 Å². The lowest BCUT2D eigenvalue weighted by molar-refractivity contribution is 0.904. The highest BCUT2D eigenvalue weighted by Crippen LogP contribution is 2.18. The van der Waals surface area contributed by atoms with Crippen molar-refractivity contribution in [3.8, 4) is 11.4 Å². The zero-order valence-corrected chi connectivity index (χ0v) is 10.7. The van der Waals surface area contributed by atoms with Crippen LogP contribution in [0.2, 0.25) is 5.02 Å². The van der Waals surface area contributed by atoms with Crippen molar-refractivity contribution in [1.29, 1.82) is 0 Å². The summed E-state index contributed by atoms with van der Waals surface area (Å²) in [6.45, 7) is 0. The predicted octanol–water partition coefficient (Wildman–Crippen LogP) is 2.68. The van der Waals surface area contributed by atoms with Gasteiger partial charge >= 0.3 is 5.69 Å². The molecule has 3 rings (SSSR count). The maximum Gasteiger partial charge on any atom is 0.337 e. The van der Waals surface area contributed by atoms with Crippen LogP contribution in [-0.4, -0.2) is 14.1 Å². The van der Waals surface area contributed by atoms with Crippen molar-refractivity contribution in [1.82, 2.24) is 14.1 Å². The first-order chi connectivity index (χ1) is 9.27. The van der Waals surface area contributed by atoms with Crippen molar-refractivity contribution in [3.05, 3.63) is 76.7 Å². The highest BCUT2D eigenvalue weighted by molar-refractivity contribution is 6.32. The minimum atomic E-state index is -0.180. The lowest BCUT2D eigenvalue weighted by atomic mass is 10.3. The van der Waals surface area contributed by atoms with E-state index in [2.05, 4.69) is 4.98 Å². The Morgan fingerprint density at radius 3 is 2.53 bits per heavy atom. The maximum atomic E-state index is 12.4. The number of rotatable bonds is 2. The van der Waals surface area contributed by atoms with E-state index in [4.69, 9.17) is 11.6 Å². The SMILES string of the molecule is O=c1n(-c2cccnc2)ccn1-c1ccccc1Cl. The van der Waals surface area contributed by atoms with Crippen LogP contribution in [-0.2, 0) is 0 Å². The van der Waals surface area contributed by atoms with E-state index in [-0.39, 0.29) is 5.69 Å². The van der Waals surface area contributed by atoms with Gasteiger partial charge in [-0.25, -0.2) is 4.79 Å². The number of pyridine rings is 1. The molecule has 0 aliphatic carbocycles. The molecule has 0 aliphatic heterocycles. The molecule has 3 aromatic rings. The molecule has 0 atom stereocenters. The molecule has 5 heteroatoms. The number of hydrogen-bond acceptors (Lipinski definition) is 2. The summed E-state index contributed by atoms with van der Waals surface area (Å²) < 4.78 is 3.03. The number of benzene rings is 1. The molecule has 0 saturated carbocycles. The smallest absolute Gasteiger partial charge is 0.266 e. The molecule has 1 aromatic carbocycles. The average Bonchev–Trinajstić information content (AvgIpc) is 2.82. The zero-order chi connectivity index (χ0) is 13.2. The van der Waals surface area contributed by atoms with Gasteiger partial charge in [0.1, 0.15) is 0 Å². The van der Waals surface area contributed by atoms with Crippen molar-refractivity contribution >= 4 is 11.6 Å². The molecule has 4 nitrogen and oxygen atoms in total. The quantitative estimate of drug-likeness (QED) is 0.719. The van der Waals surface area contributed by atoms with Crippen LogP contribution in [0.25, 0.3) is 11.4 Å². The van der Waals surface area contributed by atoms with Gasteiger partial charge in [0.15, 0.2) is 0 Å². The van der Waals surface area contributed by atoms with Gasteiger partial charge in [-0.3, -0.25) is 14.1 Å². The van der Waals surface area contributed by atoms with Crippen molar-refractivity contribution < 1.29 is 0 Å². The van der Waals surface area contributed by atoms with Crippen LogP contribution >= 0.6 is 11.6 Å². The molecular formula is C14H10ClN3O. The van der Waals surface area contributed by atoms with Crippen LogP contribution in [0.1, 0.15) is 0 Å². The number of halogens is 1. The van der Waals surface area contributed by atoms with Crippen molar-refractivity contribution in [2.24, 2.45) is 0 Å². The molecule has 0 fully saturated rings. The molecule has 0 radical (unpaired) electrons. The first kappa shape index (κ1) is 11.7. The van der Waals surface area contributed by atoms with Gasteiger partial charge in [0.2, 0.25) is 0 Å². The molecule has 2 heterocycles. The summed E-state index contributed by atoms with van der Waals surface area (Å²) in [6, 6.07) is 10.8. The van der Waals surface area contributed by atoms with Gasteiger partial charge < -0.3 is 0 Å². The third-order valence-electron chi connectivity index (χ3n) is 2.81. The van der Waals surface area contributed by atoms with E-state index in [0.29, 0.717) is 10.7 Å². The van der Waals surface area contributed by atoms with Gasteiger partial charge in [-0.2, -0.15) is 0 Å². The molecule has 0 spiro atoms. The summed E-state index contributed by atoms with van der Waals surface area (Å²) in [5.41, 5.74) is 1.20. The van der Waals surface area contributed by atoms with E-state index in [1.807, 2.05) is 18.2 Å². The summed E-state index contributed by atoms with van der Waals surface area (Å²) in [6.07, 6.45) is 6.69. The van der Waals surface area contributed by atoms with Gasteiger partial charge in [-0.15, -0.1) is 0 Å². The van der Waals surface area contributed by atoms with Crippen molar-refractivity contribution in [2.75, 3.05) is 0 Å². The fraction of sp³-hybridized carbons (Fsp3) is 0. The largest absolute Gasteiger partial charge is 0.337 e. The molecule has 0 unspecified atom stereocenters. The first-order valence-corrected chi connectivity index (χ1v) is 6.10. The third-order valence-corrected chi connectivity index (χ3v) is 3.13. The second kappa shape index (κ2) is 4.74. The Labute approximate surface area is 114 Å². The molecule has 94 valence electrons. The Balaban J connectivity index is 2.15. The fourth-order valence-electron chi connectivity index (χ4n) is 1.90. The van der Waals surface area contributed by atoms with Crippen LogP contribution in [0.5, 0.6) is 0 Å². The summed E-state index contributed by atoms with van der Waals surface area (Å²) in [5.74, 6) is 0. The van der Waals surface area contributed by atoms with Gasteiger partial charge in [0, 0.05) is 18.6 Å². The molecular weight excluding hydrogens is 262 g/mol. The van der Waals surface area contributed by atoms with Gasteiger partial charge in [0.05, 0.1) is 22.6 Å². The summed E-state index contributed by atoms with van der Waals surface area (Å²) in [4.78, 5) is 16.4. The lowest BCUT2D eigenvalue weighted by Gasteiger charge is -2.04. The highest BCUT2D eigenvalue weighted by atomic mass is 35.5. The standard InChI is InChI=1S/C14H10ClN3O/c15-12-5-1-2-6-13(12)18-9-8-17(14(18)19)11-4-3-7-16-10-11/h1-10H. The van der Waals surface area contributed by atoms with E-state index in [1.54, 1.807) is 43.0 Å². The van der Waals surface area contributed by atoms with Crippen LogP contribution in [0.3, 0.4) is 0 Å². The number of nitrogens with zero attached hydrogens (tertiary/aromatic N) is 3. The summed E-state index contributed by atoms with van der Waals surface area (Å²) in [7, 11) is 0. The van der Waals surface area contributed by atoms with E-state index >= 15 is 0 Å². The molecule has 19 heavy (non-hydrogen) atoms. The maximum absolute atomic E-state index is 12.4. The van der Waals surface area contributed by atoms with E-state index < -0.39 is 0 Å². The Hall–Kier alpha value is -2.33. The Morgan fingerprint density at radius 1 is 1.00 bits per heavy atom. The van der Waals surface area contributed by atoms with Crippen molar-refractivity contribution in [3.63, 3.8) is 0 Å². The Kier molecular flexibility index (Phi) is 2.93. The molecule has 0 amide bonds. The number of hydrogen-bond donors (Lipinski definition) is 0. The lowest BCUT2D eigenvalue weighted by Crippen LogP contribution is -2.21. The van der Waals surface area contributed by atoms with Crippen LogP contribution in [0.4, 0.5) is 0 Å². The first-order valence-electron chi connectivity index (χ1n) is 5.73. The molecule has 0 saturated heterocycles. The van der Waals surface area contributed by atoms with Crippen LogP contribution in [0, 0.1) is 0 Å². The third kappa shape index (κ3) is 2.06. The Bertz CT molecular complexity index is 762. The van der Waals surface area contributed by atoms with E-state index in [0.717, 1.165) is 5.69 Å². The fourth-order valence-corrected chi connectivity index (χ4v) is 2.13.